The van der Waals surface area contributed by atoms with Gasteiger partial charge in [0.1, 0.15) is 11.5 Å². The summed E-state index contributed by atoms with van der Waals surface area (Å²) in [4.78, 5) is 0. The Kier molecular flexibility index (Phi) is 4.35. The molecule has 2 aromatic rings. The quantitative estimate of drug-likeness (QED) is 0.853. The van der Waals surface area contributed by atoms with Gasteiger partial charge in [-0.1, -0.05) is 29.3 Å². The third-order valence-corrected chi connectivity index (χ3v) is 3.58. The molecular formula is C15H15Cl2NO. The second-order valence-electron chi connectivity index (χ2n) is 4.49. The van der Waals surface area contributed by atoms with Gasteiger partial charge in [0.2, 0.25) is 0 Å². The van der Waals surface area contributed by atoms with E-state index in [4.69, 9.17) is 33.7 Å². The molecule has 2 N–H and O–H groups in total. The van der Waals surface area contributed by atoms with Gasteiger partial charge in [-0.25, -0.2) is 0 Å². The molecule has 2 aromatic carbocycles. The van der Waals surface area contributed by atoms with Gasteiger partial charge in [0, 0.05) is 16.1 Å². The molecule has 0 fully saturated rings. The highest BCUT2D eigenvalue weighted by atomic mass is 35.5. The minimum Gasteiger partial charge on any atom is -0.457 e. The van der Waals surface area contributed by atoms with Crippen molar-refractivity contribution in [3.8, 4) is 11.5 Å². The van der Waals surface area contributed by atoms with Crippen LogP contribution >= 0.6 is 23.2 Å². The number of ether oxygens (including phenoxy) is 1. The van der Waals surface area contributed by atoms with Crippen molar-refractivity contribution in [2.75, 3.05) is 0 Å². The highest BCUT2D eigenvalue weighted by molar-refractivity contribution is 6.31. The molecule has 100 valence electrons. The lowest BCUT2D eigenvalue weighted by atomic mass is 10.1. The Morgan fingerprint density at radius 3 is 2.21 bits per heavy atom. The zero-order chi connectivity index (χ0) is 14.0. The fourth-order valence-electron chi connectivity index (χ4n) is 1.76. The summed E-state index contributed by atoms with van der Waals surface area (Å²) in [6.07, 6.45) is 0. The van der Waals surface area contributed by atoms with E-state index in [9.17, 15) is 0 Å². The Morgan fingerprint density at radius 2 is 1.63 bits per heavy atom. The van der Waals surface area contributed by atoms with E-state index in [2.05, 4.69) is 0 Å². The Morgan fingerprint density at radius 1 is 1.00 bits per heavy atom. The van der Waals surface area contributed by atoms with Gasteiger partial charge in [-0.15, -0.1) is 0 Å². The molecule has 2 rings (SSSR count). The number of hydrogen-bond donors (Lipinski definition) is 1. The molecule has 0 saturated carbocycles. The van der Waals surface area contributed by atoms with Crippen molar-refractivity contribution in [3.63, 3.8) is 0 Å². The van der Waals surface area contributed by atoms with Crippen LogP contribution in [-0.2, 0) is 0 Å². The van der Waals surface area contributed by atoms with Crippen LogP contribution in [0.3, 0.4) is 0 Å². The summed E-state index contributed by atoms with van der Waals surface area (Å²) in [6, 6.07) is 10.9. The summed E-state index contributed by atoms with van der Waals surface area (Å²) in [5.74, 6) is 1.41. The van der Waals surface area contributed by atoms with Crippen LogP contribution in [0.1, 0.15) is 24.1 Å². The number of nitrogens with two attached hydrogens (primary N) is 1. The number of halogens is 2. The molecule has 0 aliphatic carbocycles. The van der Waals surface area contributed by atoms with Crippen molar-refractivity contribution in [1.82, 2.24) is 0 Å². The first-order valence-electron chi connectivity index (χ1n) is 5.96. The molecule has 0 heterocycles. The van der Waals surface area contributed by atoms with Crippen molar-refractivity contribution in [1.29, 1.82) is 0 Å². The zero-order valence-corrected chi connectivity index (χ0v) is 12.3. The Balaban J connectivity index is 2.24. The van der Waals surface area contributed by atoms with E-state index in [1.807, 2.05) is 44.2 Å². The third-order valence-electron chi connectivity index (χ3n) is 2.83. The highest BCUT2D eigenvalue weighted by Gasteiger charge is 2.07. The van der Waals surface area contributed by atoms with Crippen LogP contribution < -0.4 is 10.5 Å². The highest BCUT2D eigenvalue weighted by Crippen LogP contribution is 2.30. The lowest BCUT2D eigenvalue weighted by Crippen LogP contribution is -2.05. The molecule has 0 bridgehead atoms. The second kappa shape index (κ2) is 5.83. The monoisotopic (exact) mass is 295 g/mol. The van der Waals surface area contributed by atoms with Crippen molar-refractivity contribution < 1.29 is 4.74 Å². The SMILES string of the molecule is Cc1cc(Oc2ccc(C(C)N)c(Cl)c2)ccc1Cl. The normalized spacial score (nSPS) is 12.3. The lowest BCUT2D eigenvalue weighted by Gasteiger charge is -2.11. The number of benzene rings is 2. The van der Waals surface area contributed by atoms with Crippen molar-refractivity contribution in [3.05, 3.63) is 57.6 Å². The molecule has 0 radical (unpaired) electrons. The minimum atomic E-state index is -0.0978. The molecule has 0 aliphatic heterocycles. The summed E-state index contributed by atoms with van der Waals surface area (Å²) in [5.41, 5.74) is 7.69. The van der Waals surface area contributed by atoms with Crippen molar-refractivity contribution in [2.24, 2.45) is 5.73 Å². The van der Waals surface area contributed by atoms with Gasteiger partial charge in [-0.2, -0.15) is 0 Å². The molecule has 1 atom stereocenters. The molecule has 0 spiro atoms. The Labute approximate surface area is 123 Å². The van der Waals surface area contributed by atoms with Crippen LogP contribution in [0.2, 0.25) is 10.0 Å². The largest absolute Gasteiger partial charge is 0.457 e. The molecule has 0 saturated heterocycles. The van der Waals surface area contributed by atoms with E-state index < -0.39 is 0 Å². The van der Waals surface area contributed by atoms with Crippen molar-refractivity contribution in [2.45, 2.75) is 19.9 Å². The number of rotatable bonds is 3. The topological polar surface area (TPSA) is 35.2 Å². The second-order valence-corrected chi connectivity index (χ2v) is 5.30. The van der Waals surface area contributed by atoms with E-state index in [1.165, 1.54) is 0 Å². The van der Waals surface area contributed by atoms with Crippen molar-refractivity contribution >= 4 is 23.2 Å². The summed E-state index contributed by atoms with van der Waals surface area (Å²) >= 11 is 12.1. The maximum absolute atomic E-state index is 6.17. The van der Waals surface area contributed by atoms with Gasteiger partial charge in [0.05, 0.1) is 0 Å². The van der Waals surface area contributed by atoms with E-state index in [0.717, 1.165) is 21.9 Å². The molecule has 19 heavy (non-hydrogen) atoms. The van der Waals surface area contributed by atoms with Crippen LogP contribution in [0.15, 0.2) is 36.4 Å². The van der Waals surface area contributed by atoms with E-state index >= 15 is 0 Å². The van der Waals surface area contributed by atoms with Crippen LogP contribution in [0.5, 0.6) is 11.5 Å². The molecular weight excluding hydrogens is 281 g/mol. The maximum atomic E-state index is 6.17. The summed E-state index contributed by atoms with van der Waals surface area (Å²) in [5, 5.41) is 1.33. The summed E-state index contributed by atoms with van der Waals surface area (Å²) in [6.45, 7) is 3.83. The predicted molar refractivity (Wildman–Crippen MR) is 80.3 cm³/mol. The van der Waals surface area contributed by atoms with E-state index in [-0.39, 0.29) is 6.04 Å². The average molecular weight is 296 g/mol. The van der Waals surface area contributed by atoms with Gasteiger partial charge in [-0.3, -0.25) is 0 Å². The van der Waals surface area contributed by atoms with E-state index in [0.29, 0.717) is 10.8 Å². The van der Waals surface area contributed by atoms with Crippen LogP contribution in [0.4, 0.5) is 0 Å². The fourth-order valence-corrected chi connectivity index (χ4v) is 2.22. The lowest BCUT2D eigenvalue weighted by molar-refractivity contribution is 0.482. The number of hydrogen-bond acceptors (Lipinski definition) is 2. The van der Waals surface area contributed by atoms with Gasteiger partial charge < -0.3 is 10.5 Å². The summed E-state index contributed by atoms with van der Waals surface area (Å²) in [7, 11) is 0. The van der Waals surface area contributed by atoms with Gasteiger partial charge >= 0.3 is 0 Å². The van der Waals surface area contributed by atoms with Crippen LogP contribution in [0, 0.1) is 6.92 Å². The minimum absolute atomic E-state index is 0.0978. The maximum Gasteiger partial charge on any atom is 0.128 e. The zero-order valence-electron chi connectivity index (χ0n) is 10.8. The van der Waals surface area contributed by atoms with E-state index in [1.54, 1.807) is 6.07 Å². The first-order valence-corrected chi connectivity index (χ1v) is 6.72. The van der Waals surface area contributed by atoms with Crippen LogP contribution in [-0.4, -0.2) is 0 Å². The van der Waals surface area contributed by atoms with Crippen LogP contribution in [0.25, 0.3) is 0 Å². The third kappa shape index (κ3) is 3.41. The smallest absolute Gasteiger partial charge is 0.128 e. The van der Waals surface area contributed by atoms with Gasteiger partial charge in [0.15, 0.2) is 0 Å². The van der Waals surface area contributed by atoms with Gasteiger partial charge in [0.25, 0.3) is 0 Å². The molecule has 0 amide bonds. The number of aryl methyl sites for hydroxylation is 1. The molecule has 1 unspecified atom stereocenters. The molecule has 0 aromatic heterocycles. The standard InChI is InChI=1S/C15H15Cl2NO/c1-9-7-11(4-6-14(9)16)19-12-3-5-13(10(2)18)15(17)8-12/h3-8,10H,18H2,1-2H3. The summed E-state index contributed by atoms with van der Waals surface area (Å²) < 4.78 is 5.75. The molecule has 4 heteroatoms. The van der Waals surface area contributed by atoms with Gasteiger partial charge in [-0.05, 0) is 55.3 Å². The Hall–Kier alpha value is -1.22. The first kappa shape index (κ1) is 14.2. The predicted octanol–water partition coefficient (Wildman–Crippen LogP) is 5.11. The molecule has 2 nitrogen and oxygen atoms in total. The Bertz CT molecular complexity index is 597. The molecule has 0 aliphatic rings. The first-order chi connectivity index (χ1) is 8.97. The average Bonchev–Trinajstić information content (AvgIpc) is 2.33. The fraction of sp³-hybridized carbons (Fsp3) is 0.200.